The molecule has 1 unspecified atom stereocenters. The van der Waals surface area contributed by atoms with Crippen molar-refractivity contribution in [1.82, 2.24) is 13.5 Å². The lowest BCUT2D eigenvalue weighted by atomic mass is 9.74. The van der Waals surface area contributed by atoms with E-state index in [0.717, 1.165) is 5.56 Å². The van der Waals surface area contributed by atoms with Crippen molar-refractivity contribution >= 4 is 54.3 Å². The minimum atomic E-state index is -4.41. The van der Waals surface area contributed by atoms with Gasteiger partial charge in [-0.25, -0.2) is 21.6 Å². The van der Waals surface area contributed by atoms with Gasteiger partial charge in [-0.2, -0.15) is 5.10 Å². The second-order valence-electron chi connectivity index (χ2n) is 8.73. The standard InChI is InChI=1S/C22H27ClN4O6S2/c1-6-22(21(2,3)29,15-10-12-16(23)13-11-15)26-19-9-7-8-18(17(19)14-24-26)25-20(28)27(34(4,30)31)35(5,32)33/h7-14,29H,6H2,1-5H3,(H,25,28). The van der Waals surface area contributed by atoms with Crippen LogP contribution in [0.5, 0.6) is 0 Å². The lowest BCUT2D eigenvalue weighted by Crippen LogP contribution is -2.53. The van der Waals surface area contributed by atoms with E-state index in [1.807, 2.05) is 6.92 Å². The van der Waals surface area contributed by atoms with Crippen LogP contribution in [0.1, 0.15) is 32.8 Å². The molecule has 0 saturated heterocycles. The molecule has 0 saturated carbocycles. The number of rotatable bonds is 7. The number of amides is 2. The van der Waals surface area contributed by atoms with Crippen molar-refractivity contribution in [3.63, 3.8) is 0 Å². The summed E-state index contributed by atoms with van der Waals surface area (Å²) in [6.45, 7) is 5.24. The summed E-state index contributed by atoms with van der Waals surface area (Å²) in [6, 6.07) is 10.5. The normalized spacial score (nSPS) is 14.5. The molecule has 3 rings (SSSR count). The van der Waals surface area contributed by atoms with Crippen LogP contribution in [0.4, 0.5) is 10.5 Å². The van der Waals surface area contributed by atoms with E-state index in [2.05, 4.69) is 10.4 Å². The topological polar surface area (TPSA) is 139 Å². The van der Waals surface area contributed by atoms with E-state index in [4.69, 9.17) is 11.6 Å². The average Bonchev–Trinajstić information content (AvgIpc) is 3.12. The molecule has 1 aromatic heterocycles. The predicted molar refractivity (Wildman–Crippen MR) is 135 cm³/mol. The molecule has 1 atom stereocenters. The molecule has 13 heteroatoms. The Bertz CT molecular complexity index is 1450. The maximum absolute atomic E-state index is 12.7. The van der Waals surface area contributed by atoms with Gasteiger partial charge in [0.25, 0.3) is 0 Å². The van der Waals surface area contributed by atoms with E-state index in [0.29, 0.717) is 34.9 Å². The van der Waals surface area contributed by atoms with Gasteiger partial charge in [-0.1, -0.05) is 36.7 Å². The fourth-order valence-electron chi connectivity index (χ4n) is 4.42. The van der Waals surface area contributed by atoms with E-state index >= 15 is 0 Å². The molecule has 190 valence electrons. The number of hydrogen-bond donors (Lipinski definition) is 2. The molecule has 0 aliphatic heterocycles. The molecule has 2 N–H and O–H groups in total. The van der Waals surface area contributed by atoms with Gasteiger partial charge in [0.05, 0.1) is 35.5 Å². The van der Waals surface area contributed by atoms with Crippen LogP contribution in [0.3, 0.4) is 0 Å². The Labute approximate surface area is 209 Å². The summed E-state index contributed by atoms with van der Waals surface area (Å²) in [6.07, 6.45) is 3.14. The van der Waals surface area contributed by atoms with Crippen molar-refractivity contribution < 1.29 is 26.7 Å². The Balaban J connectivity index is 2.20. The van der Waals surface area contributed by atoms with Crippen molar-refractivity contribution in [2.24, 2.45) is 0 Å². The number of anilines is 1. The van der Waals surface area contributed by atoms with Crippen LogP contribution in [-0.2, 0) is 25.6 Å². The SMILES string of the molecule is CCC(c1ccc(Cl)cc1)(n1ncc2c(NC(=O)N(S(C)(=O)=O)S(C)(=O)=O)cccc21)C(C)(C)O. The summed E-state index contributed by atoms with van der Waals surface area (Å²) >= 11 is 6.08. The molecule has 2 amide bonds. The molecular formula is C22H27ClN4O6S2. The lowest BCUT2D eigenvalue weighted by Gasteiger charge is -2.44. The highest BCUT2D eigenvalue weighted by Crippen LogP contribution is 2.42. The van der Waals surface area contributed by atoms with Gasteiger partial charge in [0.1, 0.15) is 5.54 Å². The third kappa shape index (κ3) is 4.88. The molecule has 10 nitrogen and oxygen atoms in total. The zero-order valence-electron chi connectivity index (χ0n) is 19.9. The van der Waals surface area contributed by atoms with Crippen LogP contribution in [-0.4, -0.2) is 59.6 Å². The molecule has 3 aromatic rings. The van der Waals surface area contributed by atoms with Crippen molar-refractivity contribution in [2.75, 3.05) is 17.8 Å². The highest BCUT2D eigenvalue weighted by atomic mass is 35.5. The number of sulfonamides is 2. The quantitative estimate of drug-likeness (QED) is 0.466. The summed E-state index contributed by atoms with van der Waals surface area (Å²) in [5.41, 5.74) is -0.943. The number of carbonyl (C=O) groups excluding carboxylic acids is 1. The third-order valence-electron chi connectivity index (χ3n) is 5.83. The largest absolute Gasteiger partial charge is 0.388 e. The molecule has 0 bridgehead atoms. The Hall–Kier alpha value is -2.67. The van der Waals surface area contributed by atoms with Crippen molar-refractivity contribution in [3.8, 4) is 0 Å². The number of nitrogens with zero attached hydrogens (tertiary/aromatic N) is 3. The van der Waals surface area contributed by atoms with Crippen LogP contribution in [0, 0.1) is 0 Å². The molecule has 0 fully saturated rings. The molecule has 2 aromatic carbocycles. The lowest BCUT2D eigenvalue weighted by molar-refractivity contribution is -0.0297. The van der Waals surface area contributed by atoms with Crippen molar-refractivity contribution in [1.29, 1.82) is 0 Å². The second-order valence-corrected chi connectivity index (χ2v) is 13.1. The van der Waals surface area contributed by atoms with Crippen LogP contribution < -0.4 is 5.32 Å². The Morgan fingerprint density at radius 1 is 1.09 bits per heavy atom. The molecule has 1 heterocycles. The van der Waals surface area contributed by atoms with Gasteiger partial charge in [-0.15, -0.1) is 3.71 Å². The molecule has 0 aliphatic carbocycles. The van der Waals surface area contributed by atoms with Crippen molar-refractivity contribution in [2.45, 2.75) is 38.3 Å². The predicted octanol–water partition coefficient (Wildman–Crippen LogP) is 3.37. The van der Waals surface area contributed by atoms with Crippen LogP contribution in [0.2, 0.25) is 5.02 Å². The number of benzene rings is 2. The number of aliphatic hydroxyl groups is 1. The van der Waals surface area contributed by atoms with E-state index in [-0.39, 0.29) is 9.40 Å². The first kappa shape index (κ1) is 26.9. The third-order valence-corrected chi connectivity index (χ3v) is 9.24. The van der Waals surface area contributed by atoms with Gasteiger partial charge in [0, 0.05) is 10.4 Å². The van der Waals surface area contributed by atoms with E-state index in [1.165, 1.54) is 12.3 Å². The van der Waals surface area contributed by atoms with Gasteiger partial charge in [-0.3, -0.25) is 4.68 Å². The molecule has 0 spiro atoms. The maximum atomic E-state index is 12.7. The number of urea groups is 1. The van der Waals surface area contributed by atoms with Crippen LogP contribution in [0.15, 0.2) is 48.7 Å². The number of carbonyl (C=O) groups is 1. The molecule has 35 heavy (non-hydrogen) atoms. The zero-order valence-corrected chi connectivity index (χ0v) is 22.2. The average molecular weight is 543 g/mol. The minimum Gasteiger partial charge on any atom is -0.388 e. The van der Waals surface area contributed by atoms with Crippen LogP contribution >= 0.6 is 11.6 Å². The number of nitrogens with one attached hydrogen (secondary N) is 1. The smallest absolute Gasteiger partial charge is 0.349 e. The minimum absolute atomic E-state index is 0.146. The molecule has 0 aliphatic rings. The van der Waals surface area contributed by atoms with E-state index in [9.17, 15) is 26.7 Å². The van der Waals surface area contributed by atoms with Gasteiger partial charge in [0.15, 0.2) is 0 Å². The van der Waals surface area contributed by atoms with Gasteiger partial charge >= 0.3 is 6.03 Å². The second kappa shape index (κ2) is 9.08. The highest BCUT2D eigenvalue weighted by molar-refractivity contribution is 8.04. The highest BCUT2D eigenvalue weighted by Gasteiger charge is 2.47. The molecule has 0 radical (unpaired) electrons. The first-order valence-electron chi connectivity index (χ1n) is 10.5. The van der Waals surface area contributed by atoms with Gasteiger partial charge in [0.2, 0.25) is 20.0 Å². The fraction of sp³-hybridized carbons (Fsp3) is 0.364. The summed E-state index contributed by atoms with van der Waals surface area (Å²) in [5.74, 6) is 0. The zero-order chi connectivity index (χ0) is 26.4. The Morgan fingerprint density at radius 3 is 2.14 bits per heavy atom. The number of halogens is 1. The molecular weight excluding hydrogens is 516 g/mol. The first-order valence-corrected chi connectivity index (χ1v) is 14.6. The summed E-state index contributed by atoms with van der Waals surface area (Å²) in [7, 11) is -8.81. The summed E-state index contributed by atoms with van der Waals surface area (Å²) < 4.78 is 49.3. The maximum Gasteiger partial charge on any atom is 0.349 e. The Kier molecular flexibility index (Phi) is 6.99. The van der Waals surface area contributed by atoms with E-state index in [1.54, 1.807) is 54.9 Å². The van der Waals surface area contributed by atoms with Gasteiger partial charge in [-0.05, 0) is 50.1 Å². The summed E-state index contributed by atoms with van der Waals surface area (Å²) in [4.78, 5) is 12.7. The first-order chi connectivity index (χ1) is 16.0. The monoisotopic (exact) mass is 542 g/mol. The number of fused-ring (bicyclic) bond motifs is 1. The van der Waals surface area contributed by atoms with Crippen LogP contribution in [0.25, 0.3) is 10.9 Å². The Morgan fingerprint density at radius 2 is 1.66 bits per heavy atom. The summed E-state index contributed by atoms with van der Waals surface area (Å²) in [5, 5.41) is 19.2. The number of aromatic nitrogens is 2. The fourth-order valence-corrected chi connectivity index (χ4v) is 7.21. The van der Waals surface area contributed by atoms with E-state index < -0.39 is 37.2 Å². The van der Waals surface area contributed by atoms with Crippen molar-refractivity contribution in [3.05, 3.63) is 59.2 Å². The number of hydrogen-bond acceptors (Lipinski definition) is 7. The van der Waals surface area contributed by atoms with Gasteiger partial charge < -0.3 is 10.4 Å².